The van der Waals surface area contributed by atoms with Crippen molar-refractivity contribution in [3.05, 3.63) is 71.0 Å². The van der Waals surface area contributed by atoms with Crippen molar-refractivity contribution in [2.45, 2.75) is 20.4 Å². The number of aromatic nitrogens is 2. The van der Waals surface area contributed by atoms with E-state index in [0.29, 0.717) is 23.6 Å². The van der Waals surface area contributed by atoms with E-state index in [-0.39, 0.29) is 5.91 Å². The molecule has 3 rings (SSSR count). The Balaban J connectivity index is 1.78. The van der Waals surface area contributed by atoms with Crippen LogP contribution in [0.3, 0.4) is 0 Å². The Hall–Kier alpha value is -3.28. The molecule has 0 radical (unpaired) electrons. The van der Waals surface area contributed by atoms with Crippen molar-refractivity contribution in [2.24, 2.45) is 0 Å². The molecule has 0 atom stereocenters. The van der Waals surface area contributed by atoms with Crippen LogP contribution in [0.2, 0.25) is 0 Å². The van der Waals surface area contributed by atoms with Crippen molar-refractivity contribution in [2.75, 3.05) is 14.2 Å². The fourth-order valence-electron chi connectivity index (χ4n) is 2.94. The molecule has 0 bridgehead atoms. The normalized spacial score (nSPS) is 10.5. The highest BCUT2D eigenvalue weighted by Gasteiger charge is 2.16. The smallest absolute Gasteiger partial charge is 0.255 e. The number of benzene rings is 2. The molecule has 0 saturated carbocycles. The molecule has 6 nitrogen and oxygen atoms in total. The molecule has 2 aromatic carbocycles. The van der Waals surface area contributed by atoms with Gasteiger partial charge in [0.2, 0.25) is 0 Å². The maximum absolute atomic E-state index is 12.7. The van der Waals surface area contributed by atoms with Crippen LogP contribution in [-0.2, 0) is 6.54 Å². The van der Waals surface area contributed by atoms with Crippen molar-refractivity contribution in [1.82, 2.24) is 15.1 Å². The molecule has 0 saturated heterocycles. The molecular formula is C21H23N3O3. The van der Waals surface area contributed by atoms with Crippen LogP contribution in [-0.4, -0.2) is 29.9 Å². The first-order valence-electron chi connectivity index (χ1n) is 8.64. The molecule has 6 heteroatoms. The van der Waals surface area contributed by atoms with Crippen LogP contribution >= 0.6 is 0 Å². The first kappa shape index (κ1) is 18.5. The van der Waals surface area contributed by atoms with Gasteiger partial charge < -0.3 is 14.8 Å². The highest BCUT2D eigenvalue weighted by atomic mass is 16.5. The quantitative estimate of drug-likeness (QED) is 0.727. The summed E-state index contributed by atoms with van der Waals surface area (Å²) in [6.07, 6.45) is 1.59. The Morgan fingerprint density at radius 3 is 2.63 bits per heavy atom. The van der Waals surface area contributed by atoms with Crippen molar-refractivity contribution in [3.63, 3.8) is 0 Å². The second kappa shape index (κ2) is 7.95. The summed E-state index contributed by atoms with van der Waals surface area (Å²) in [5, 5.41) is 7.31. The Morgan fingerprint density at radius 1 is 1.11 bits per heavy atom. The molecule has 1 amide bonds. The summed E-state index contributed by atoms with van der Waals surface area (Å²) in [7, 11) is 3.20. The summed E-state index contributed by atoms with van der Waals surface area (Å²) >= 11 is 0. The van der Waals surface area contributed by atoms with Gasteiger partial charge in [-0.1, -0.05) is 12.1 Å². The average molecular weight is 365 g/mol. The lowest BCUT2D eigenvalue weighted by atomic mass is 10.1. The number of hydrogen-bond acceptors (Lipinski definition) is 4. The number of aryl methyl sites for hydroxylation is 1. The Bertz CT molecular complexity index is 963. The monoisotopic (exact) mass is 365 g/mol. The van der Waals surface area contributed by atoms with Crippen LogP contribution in [0.4, 0.5) is 0 Å². The standard InChI is InChI=1S/C21H23N3O3/c1-14-6-5-7-17(10-14)24-15(2)19(13-23-24)21(25)22-12-16-11-18(26-3)8-9-20(16)27-4/h5-11,13H,12H2,1-4H3,(H,22,25). The Labute approximate surface area is 158 Å². The number of methoxy groups -OCH3 is 2. The second-order valence-corrected chi connectivity index (χ2v) is 6.25. The maximum atomic E-state index is 12.7. The number of carbonyl (C=O) groups is 1. The first-order chi connectivity index (χ1) is 13.0. The number of ether oxygens (including phenoxy) is 2. The molecule has 0 unspecified atom stereocenters. The topological polar surface area (TPSA) is 65.4 Å². The zero-order valence-electron chi connectivity index (χ0n) is 15.9. The summed E-state index contributed by atoms with van der Waals surface area (Å²) in [4.78, 5) is 12.7. The molecule has 27 heavy (non-hydrogen) atoms. The van der Waals surface area contributed by atoms with E-state index in [4.69, 9.17) is 9.47 Å². The molecule has 0 aliphatic rings. The van der Waals surface area contributed by atoms with Gasteiger partial charge in [0.25, 0.3) is 5.91 Å². The molecule has 0 fully saturated rings. The number of nitrogens with zero attached hydrogens (tertiary/aromatic N) is 2. The zero-order valence-corrected chi connectivity index (χ0v) is 15.9. The fourth-order valence-corrected chi connectivity index (χ4v) is 2.94. The molecule has 1 N–H and O–H groups in total. The van der Waals surface area contributed by atoms with Gasteiger partial charge in [0.1, 0.15) is 11.5 Å². The summed E-state index contributed by atoms with van der Waals surface area (Å²) < 4.78 is 12.4. The van der Waals surface area contributed by atoms with Crippen LogP contribution in [0.15, 0.2) is 48.7 Å². The van der Waals surface area contributed by atoms with Crippen LogP contribution in [0.5, 0.6) is 11.5 Å². The Morgan fingerprint density at radius 2 is 1.93 bits per heavy atom. The van der Waals surface area contributed by atoms with Crippen molar-refractivity contribution < 1.29 is 14.3 Å². The Kier molecular flexibility index (Phi) is 5.45. The van der Waals surface area contributed by atoms with Gasteiger partial charge in [0.15, 0.2) is 0 Å². The van der Waals surface area contributed by atoms with E-state index < -0.39 is 0 Å². The number of amides is 1. The fraction of sp³-hybridized carbons (Fsp3) is 0.238. The van der Waals surface area contributed by atoms with Gasteiger partial charge in [0, 0.05) is 12.1 Å². The summed E-state index contributed by atoms with van der Waals surface area (Å²) in [6, 6.07) is 13.5. The summed E-state index contributed by atoms with van der Waals surface area (Å²) in [6.45, 7) is 4.24. The van der Waals surface area contributed by atoms with Gasteiger partial charge >= 0.3 is 0 Å². The summed E-state index contributed by atoms with van der Waals surface area (Å²) in [5.41, 5.74) is 4.24. The minimum Gasteiger partial charge on any atom is -0.497 e. The first-order valence-corrected chi connectivity index (χ1v) is 8.64. The van der Waals surface area contributed by atoms with Crippen molar-refractivity contribution >= 4 is 5.91 Å². The highest BCUT2D eigenvalue weighted by molar-refractivity contribution is 5.95. The SMILES string of the molecule is COc1ccc(OC)c(CNC(=O)c2cnn(-c3cccc(C)c3)c2C)c1. The van der Waals surface area contributed by atoms with Gasteiger partial charge in [-0.05, 0) is 49.7 Å². The largest absolute Gasteiger partial charge is 0.497 e. The molecule has 3 aromatic rings. The van der Waals surface area contributed by atoms with E-state index in [1.807, 2.05) is 56.3 Å². The number of nitrogens with one attached hydrogen (secondary N) is 1. The van der Waals surface area contributed by atoms with E-state index in [1.54, 1.807) is 25.1 Å². The third kappa shape index (κ3) is 3.95. The minimum absolute atomic E-state index is 0.184. The van der Waals surface area contributed by atoms with E-state index in [9.17, 15) is 4.79 Å². The van der Waals surface area contributed by atoms with Gasteiger partial charge in [-0.25, -0.2) is 4.68 Å². The minimum atomic E-state index is -0.184. The molecule has 140 valence electrons. The van der Waals surface area contributed by atoms with E-state index in [0.717, 1.165) is 22.5 Å². The van der Waals surface area contributed by atoms with Gasteiger partial charge in [-0.2, -0.15) is 5.10 Å². The van der Waals surface area contributed by atoms with Crippen molar-refractivity contribution in [3.8, 4) is 17.2 Å². The third-order valence-corrected chi connectivity index (χ3v) is 4.43. The lowest BCUT2D eigenvalue weighted by molar-refractivity contribution is 0.0950. The number of rotatable bonds is 6. The van der Waals surface area contributed by atoms with Gasteiger partial charge in [-0.3, -0.25) is 4.79 Å². The molecule has 0 spiro atoms. The maximum Gasteiger partial charge on any atom is 0.255 e. The van der Waals surface area contributed by atoms with Gasteiger partial charge in [-0.15, -0.1) is 0 Å². The van der Waals surface area contributed by atoms with Crippen LogP contribution in [0.1, 0.15) is 27.2 Å². The number of carbonyl (C=O) groups excluding carboxylic acids is 1. The van der Waals surface area contributed by atoms with E-state index in [2.05, 4.69) is 10.4 Å². The van der Waals surface area contributed by atoms with E-state index >= 15 is 0 Å². The summed E-state index contributed by atoms with van der Waals surface area (Å²) in [5.74, 6) is 1.23. The predicted octanol–water partition coefficient (Wildman–Crippen LogP) is 3.44. The van der Waals surface area contributed by atoms with Crippen LogP contribution in [0, 0.1) is 13.8 Å². The molecule has 1 heterocycles. The van der Waals surface area contributed by atoms with Crippen molar-refractivity contribution in [1.29, 1.82) is 0 Å². The number of hydrogen-bond donors (Lipinski definition) is 1. The van der Waals surface area contributed by atoms with Gasteiger partial charge in [0.05, 0.1) is 37.4 Å². The molecule has 0 aliphatic carbocycles. The van der Waals surface area contributed by atoms with E-state index in [1.165, 1.54) is 0 Å². The lowest BCUT2D eigenvalue weighted by Crippen LogP contribution is -2.23. The second-order valence-electron chi connectivity index (χ2n) is 6.25. The zero-order chi connectivity index (χ0) is 19.4. The highest BCUT2D eigenvalue weighted by Crippen LogP contribution is 2.24. The average Bonchev–Trinajstić information content (AvgIpc) is 3.07. The molecular weight excluding hydrogens is 342 g/mol. The molecule has 0 aliphatic heterocycles. The van der Waals surface area contributed by atoms with Crippen LogP contribution < -0.4 is 14.8 Å². The lowest BCUT2D eigenvalue weighted by Gasteiger charge is -2.11. The molecule has 1 aromatic heterocycles. The third-order valence-electron chi connectivity index (χ3n) is 4.43. The van der Waals surface area contributed by atoms with Crippen LogP contribution in [0.25, 0.3) is 5.69 Å². The predicted molar refractivity (Wildman–Crippen MR) is 104 cm³/mol.